The predicted molar refractivity (Wildman–Crippen MR) is 98.8 cm³/mol. The normalized spacial score (nSPS) is 12.0. The fourth-order valence-corrected chi connectivity index (χ4v) is 3.38. The smallest absolute Gasteiger partial charge is 0.261 e. The summed E-state index contributed by atoms with van der Waals surface area (Å²) in [5.74, 6) is 0.162. The Morgan fingerprint density at radius 2 is 2.12 bits per heavy atom. The highest BCUT2D eigenvalue weighted by molar-refractivity contribution is 7.12. The van der Waals surface area contributed by atoms with Crippen LogP contribution in [0.2, 0.25) is 0 Å². The van der Waals surface area contributed by atoms with Crippen LogP contribution in [0.25, 0.3) is 0 Å². The number of hydrogen-bond donors (Lipinski definition) is 1. The van der Waals surface area contributed by atoms with E-state index >= 15 is 0 Å². The van der Waals surface area contributed by atoms with E-state index in [1.165, 1.54) is 23.5 Å². The Labute approximate surface area is 155 Å². The summed E-state index contributed by atoms with van der Waals surface area (Å²) in [6.07, 6.45) is 1.73. The first-order chi connectivity index (χ1) is 12.6. The minimum absolute atomic E-state index is 0.126. The molecule has 1 aromatic carbocycles. The number of thiophene rings is 1. The van der Waals surface area contributed by atoms with Gasteiger partial charge in [0.05, 0.1) is 16.6 Å². The zero-order valence-corrected chi connectivity index (χ0v) is 15.4. The molecule has 136 valence electrons. The number of amides is 1. The zero-order chi connectivity index (χ0) is 18.5. The van der Waals surface area contributed by atoms with Crippen molar-refractivity contribution in [3.05, 3.63) is 69.9 Å². The first-order valence-electron chi connectivity index (χ1n) is 8.35. The number of halogens is 1. The molecule has 2 aromatic heterocycles. The van der Waals surface area contributed by atoms with Crippen LogP contribution in [0.15, 0.2) is 48.0 Å². The molecule has 0 fully saturated rings. The molecule has 0 aliphatic carbocycles. The molecule has 2 heterocycles. The predicted octanol–water partition coefficient (Wildman–Crippen LogP) is 4.17. The van der Waals surface area contributed by atoms with Gasteiger partial charge in [-0.1, -0.05) is 0 Å². The molecule has 1 amide bonds. The van der Waals surface area contributed by atoms with Crippen LogP contribution in [0.1, 0.15) is 40.8 Å². The second-order valence-corrected chi connectivity index (χ2v) is 6.74. The maximum absolute atomic E-state index is 12.9. The largest absolute Gasteiger partial charge is 0.489 e. The van der Waals surface area contributed by atoms with Gasteiger partial charge in [-0.2, -0.15) is 5.10 Å². The number of hydrogen-bond acceptors (Lipinski definition) is 4. The molecule has 0 radical (unpaired) electrons. The lowest BCUT2D eigenvalue weighted by Gasteiger charge is -2.14. The maximum Gasteiger partial charge on any atom is 0.261 e. The Balaban J connectivity index is 1.58. The lowest BCUT2D eigenvalue weighted by Crippen LogP contribution is -2.27. The molecule has 26 heavy (non-hydrogen) atoms. The van der Waals surface area contributed by atoms with E-state index in [1.54, 1.807) is 18.3 Å². The van der Waals surface area contributed by atoms with E-state index in [1.807, 2.05) is 36.0 Å². The molecule has 3 rings (SSSR count). The van der Waals surface area contributed by atoms with Gasteiger partial charge in [0.25, 0.3) is 5.91 Å². The van der Waals surface area contributed by atoms with E-state index in [-0.39, 0.29) is 17.8 Å². The standard InChI is InChI=1S/C19H20FN3O2S/c1-3-23-17(8-9-21-23)13(2)22-19(24)18-10-14(12-26-18)11-25-16-6-4-15(20)5-7-16/h4-10,12-13H,3,11H2,1-2H3,(H,22,24). The van der Waals surface area contributed by atoms with E-state index in [0.717, 1.165) is 17.8 Å². The van der Waals surface area contributed by atoms with Gasteiger partial charge in [-0.15, -0.1) is 11.3 Å². The number of benzene rings is 1. The van der Waals surface area contributed by atoms with E-state index in [9.17, 15) is 9.18 Å². The molecule has 0 bridgehead atoms. The van der Waals surface area contributed by atoms with Gasteiger partial charge < -0.3 is 10.1 Å². The van der Waals surface area contributed by atoms with Crippen molar-refractivity contribution in [2.24, 2.45) is 0 Å². The lowest BCUT2D eigenvalue weighted by atomic mass is 10.2. The van der Waals surface area contributed by atoms with Crippen molar-refractivity contribution < 1.29 is 13.9 Å². The van der Waals surface area contributed by atoms with E-state index < -0.39 is 0 Å². The van der Waals surface area contributed by atoms with Crippen LogP contribution in [0.4, 0.5) is 4.39 Å². The van der Waals surface area contributed by atoms with Crippen molar-refractivity contribution in [1.82, 2.24) is 15.1 Å². The molecular formula is C19H20FN3O2S. The summed E-state index contributed by atoms with van der Waals surface area (Å²) in [7, 11) is 0. The minimum atomic E-state index is -0.301. The highest BCUT2D eigenvalue weighted by Gasteiger charge is 2.16. The Morgan fingerprint density at radius 3 is 2.85 bits per heavy atom. The Morgan fingerprint density at radius 1 is 1.35 bits per heavy atom. The van der Waals surface area contributed by atoms with Crippen molar-refractivity contribution in [1.29, 1.82) is 0 Å². The molecule has 0 saturated carbocycles. The number of nitrogens with zero attached hydrogens (tertiary/aromatic N) is 2. The number of rotatable bonds is 7. The van der Waals surface area contributed by atoms with Crippen LogP contribution >= 0.6 is 11.3 Å². The fraction of sp³-hybridized carbons (Fsp3) is 0.263. The van der Waals surface area contributed by atoms with Crippen LogP contribution in [0.3, 0.4) is 0 Å². The molecule has 1 atom stereocenters. The van der Waals surface area contributed by atoms with Crippen molar-refractivity contribution in [2.45, 2.75) is 33.0 Å². The number of carbonyl (C=O) groups excluding carboxylic acids is 1. The maximum atomic E-state index is 12.9. The summed E-state index contributed by atoms with van der Waals surface area (Å²) in [4.78, 5) is 13.1. The lowest BCUT2D eigenvalue weighted by molar-refractivity contribution is 0.0942. The molecule has 0 aliphatic heterocycles. The van der Waals surface area contributed by atoms with Gasteiger partial charge in [-0.25, -0.2) is 4.39 Å². The van der Waals surface area contributed by atoms with Gasteiger partial charge in [-0.3, -0.25) is 9.48 Å². The van der Waals surface area contributed by atoms with Gasteiger partial charge in [0.2, 0.25) is 0 Å². The third-order valence-electron chi connectivity index (χ3n) is 3.94. The highest BCUT2D eigenvalue weighted by Crippen LogP contribution is 2.20. The van der Waals surface area contributed by atoms with Crippen LogP contribution in [0, 0.1) is 5.82 Å². The second-order valence-electron chi connectivity index (χ2n) is 5.83. The van der Waals surface area contributed by atoms with Crippen LogP contribution in [-0.4, -0.2) is 15.7 Å². The first-order valence-corrected chi connectivity index (χ1v) is 9.23. The number of aromatic nitrogens is 2. The number of ether oxygens (including phenoxy) is 1. The molecule has 0 aliphatic rings. The summed E-state index contributed by atoms with van der Waals surface area (Å²) in [6.45, 7) is 5.03. The fourth-order valence-electron chi connectivity index (χ4n) is 2.58. The van der Waals surface area contributed by atoms with Crippen molar-refractivity contribution in [3.63, 3.8) is 0 Å². The van der Waals surface area contributed by atoms with Gasteiger partial charge >= 0.3 is 0 Å². The van der Waals surface area contributed by atoms with Gasteiger partial charge in [-0.05, 0) is 55.6 Å². The number of carbonyl (C=O) groups is 1. The third-order valence-corrected chi connectivity index (χ3v) is 4.91. The number of aryl methyl sites for hydroxylation is 1. The van der Waals surface area contributed by atoms with E-state index in [2.05, 4.69) is 10.4 Å². The minimum Gasteiger partial charge on any atom is -0.489 e. The summed E-state index contributed by atoms with van der Waals surface area (Å²) >= 11 is 1.37. The monoisotopic (exact) mass is 373 g/mol. The summed E-state index contributed by atoms with van der Waals surface area (Å²) in [5.41, 5.74) is 1.87. The van der Waals surface area contributed by atoms with E-state index in [0.29, 0.717) is 17.2 Å². The highest BCUT2D eigenvalue weighted by atomic mass is 32.1. The molecule has 0 spiro atoms. The zero-order valence-electron chi connectivity index (χ0n) is 14.6. The molecule has 0 saturated heterocycles. The van der Waals surface area contributed by atoms with Gasteiger partial charge in [0, 0.05) is 18.3 Å². The summed E-state index contributed by atoms with van der Waals surface area (Å²) in [5, 5.41) is 9.11. The molecule has 1 N–H and O–H groups in total. The van der Waals surface area contributed by atoms with Crippen molar-refractivity contribution in [2.75, 3.05) is 0 Å². The van der Waals surface area contributed by atoms with Crippen molar-refractivity contribution in [3.8, 4) is 5.75 Å². The van der Waals surface area contributed by atoms with E-state index in [4.69, 9.17) is 4.74 Å². The second kappa shape index (κ2) is 8.14. The number of nitrogens with one attached hydrogen (secondary N) is 1. The van der Waals surface area contributed by atoms with Crippen LogP contribution in [0.5, 0.6) is 5.75 Å². The Hall–Kier alpha value is -2.67. The topological polar surface area (TPSA) is 56.2 Å². The first kappa shape index (κ1) is 18.1. The summed E-state index contributed by atoms with van der Waals surface area (Å²) < 4.78 is 20.4. The Kier molecular flexibility index (Phi) is 5.68. The van der Waals surface area contributed by atoms with Gasteiger partial charge in [0.1, 0.15) is 18.2 Å². The van der Waals surface area contributed by atoms with Gasteiger partial charge in [0.15, 0.2) is 0 Å². The van der Waals surface area contributed by atoms with Crippen LogP contribution in [-0.2, 0) is 13.2 Å². The molecule has 5 nitrogen and oxygen atoms in total. The SMILES string of the molecule is CCn1nccc1C(C)NC(=O)c1cc(COc2ccc(F)cc2)cs1. The molecular weight excluding hydrogens is 353 g/mol. The molecule has 3 aromatic rings. The average Bonchev–Trinajstić information content (AvgIpc) is 3.30. The molecule has 1 unspecified atom stereocenters. The third kappa shape index (κ3) is 4.29. The summed E-state index contributed by atoms with van der Waals surface area (Å²) in [6, 6.07) is 9.44. The average molecular weight is 373 g/mol. The molecule has 7 heteroatoms. The van der Waals surface area contributed by atoms with Crippen molar-refractivity contribution >= 4 is 17.2 Å². The Bertz CT molecular complexity index is 873. The quantitative estimate of drug-likeness (QED) is 0.676. The van der Waals surface area contributed by atoms with Crippen LogP contribution < -0.4 is 10.1 Å².